The molecule has 1 fully saturated rings. The van der Waals surface area contributed by atoms with Crippen molar-refractivity contribution in [3.63, 3.8) is 0 Å². The average Bonchev–Trinajstić information content (AvgIpc) is 2.54. The standard InChI is InChI=1S/C14H21N3O4S/c1-3-12(2)15-8-10-16(11-9-15)22(20,21)14-7-5-4-6-13(14)17(18)19/h4-7,12H,3,8-11H2,1-2H3. The highest BCUT2D eigenvalue weighted by Crippen LogP contribution is 2.27. The van der Waals surface area contributed by atoms with Gasteiger partial charge in [-0.25, -0.2) is 8.42 Å². The van der Waals surface area contributed by atoms with E-state index < -0.39 is 14.9 Å². The summed E-state index contributed by atoms with van der Waals surface area (Å²) < 4.78 is 26.7. The van der Waals surface area contributed by atoms with Gasteiger partial charge in [-0.2, -0.15) is 4.31 Å². The van der Waals surface area contributed by atoms with Crippen LogP contribution in [0.3, 0.4) is 0 Å². The average molecular weight is 327 g/mol. The lowest BCUT2D eigenvalue weighted by atomic mass is 10.2. The van der Waals surface area contributed by atoms with E-state index in [-0.39, 0.29) is 10.6 Å². The van der Waals surface area contributed by atoms with Gasteiger partial charge >= 0.3 is 0 Å². The van der Waals surface area contributed by atoms with E-state index in [4.69, 9.17) is 0 Å². The normalized spacial score (nSPS) is 19.0. The first-order valence-corrected chi connectivity index (χ1v) is 8.79. The van der Waals surface area contributed by atoms with Gasteiger partial charge in [0.25, 0.3) is 5.69 Å². The lowest BCUT2D eigenvalue weighted by molar-refractivity contribution is -0.387. The molecule has 0 bridgehead atoms. The number of para-hydroxylation sites is 1. The van der Waals surface area contributed by atoms with Gasteiger partial charge in [0.2, 0.25) is 10.0 Å². The van der Waals surface area contributed by atoms with Crippen LogP contribution in [0.1, 0.15) is 20.3 Å². The summed E-state index contributed by atoms with van der Waals surface area (Å²) in [6.45, 7) is 6.23. The van der Waals surface area contributed by atoms with Gasteiger partial charge in [0.15, 0.2) is 4.90 Å². The van der Waals surface area contributed by atoms with Crippen LogP contribution < -0.4 is 0 Å². The Hall–Kier alpha value is -1.51. The minimum Gasteiger partial charge on any atom is -0.298 e. The predicted octanol–water partition coefficient (Wildman–Crippen LogP) is 1.70. The van der Waals surface area contributed by atoms with Crippen molar-refractivity contribution in [2.45, 2.75) is 31.2 Å². The van der Waals surface area contributed by atoms with Gasteiger partial charge in [-0.3, -0.25) is 15.0 Å². The van der Waals surface area contributed by atoms with E-state index in [0.29, 0.717) is 32.2 Å². The number of benzene rings is 1. The maximum Gasteiger partial charge on any atom is 0.289 e. The van der Waals surface area contributed by atoms with Gasteiger partial charge in [-0.15, -0.1) is 0 Å². The van der Waals surface area contributed by atoms with Crippen LogP contribution in [-0.2, 0) is 10.0 Å². The van der Waals surface area contributed by atoms with Gasteiger partial charge in [-0.05, 0) is 19.4 Å². The van der Waals surface area contributed by atoms with Crippen LogP contribution in [0.15, 0.2) is 29.2 Å². The van der Waals surface area contributed by atoms with E-state index in [1.54, 1.807) is 0 Å². The molecular formula is C14H21N3O4S. The summed E-state index contributed by atoms with van der Waals surface area (Å²) in [5.41, 5.74) is -0.369. The summed E-state index contributed by atoms with van der Waals surface area (Å²) in [4.78, 5) is 12.4. The zero-order valence-corrected chi connectivity index (χ0v) is 13.6. The molecule has 1 unspecified atom stereocenters. The Morgan fingerprint density at radius 2 is 1.82 bits per heavy atom. The zero-order chi connectivity index (χ0) is 16.3. The molecule has 0 saturated carbocycles. The molecule has 1 saturated heterocycles. The van der Waals surface area contributed by atoms with Crippen molar-refractivity contribution >= 4 is 15.7 Å². The SMILES string of the molecule is CCC(C)N1CCN(S(=O)(=O)c2ccccc2[N+](=O)[O-])CC1. The van der Waals surface area contributed by atoms with Crippen LogP contribution in [0, 0.1) is 10.1 Å². The molecule has 0 N–H and O–H groups in total. The molecule has 0 spiro atoms. The molecule has 0 aliphatic carbocycles. The minimum atomic E-state index is -3.83. The van der Waals surface area contributed by atoms with Crippen molar-refractivity contribution in [1.82, 2.24) is 9.21 Å². The highest BCUT2D eigenvalue weighted by atomic mass is 32.2. The van der Waals surface area contributed by atoms with Crippen molar-refractivity contribution in [3.05, 3.63) is 34.4 Å². The van der Waals surface area contributed by atoms with Crippen LogP contribution in [0.4, 0.5) is 5.69 Å². The molecular weight excluding hydrogens is 306 g/mol. The number of piperazine rings is 1. The van der Waals surface area contributed by atoms with Gasteiger partial charge in [0.05, 0.1) is 4.92 Å². The topological polar surface area (TPSA) is 83.8 Å². The van der Waals surface area contributed by atoms with Gasteiger partial charge in [0.1, 0.15) is 0 Å². The largest absolute Gasteiger partial charge is 0.298 e. The second-order valence-electron chi connectivity index (χ2n) is 5.42. The Kier molecular flexibility index (Phi) is 5.15. The Morgan fingerprint density at radius 3 is 2.36 bits per heavy atom. The molecule has 1 aromatic carbocycles. The van der Waals surface area contributed by atoms with Crippen molar-refractivity contribution in [3.8, 4) is 0 Å². The maximum atomic E-state index is 12.7. The molecule has 2 rings (SSSR count). The highest BCUT2D eigenvalue weighted by Gasteiger charge is 2.33. The third-order valence-electron chi connectivity index (χ3n) is 4.17. The van der Waals surface area contributed by atoms with Crippen LogP contribution in [0.25, 0.3) is 0 Å². The fraction of sp³-hybridized carbons (Fsp3) is 0.571. The fourth-order valence-corrected chi connectivity index (χ4v) is 4.19. The number of nitro groups is 1. The third kappa shape index (κ3) is 3.29. The zero-order valence-electron chi connectivity index (χ0n) is 12.8. The Bertz CT molecular complexity index is 639. The molecule has 0 aromatic heterocycles. The summed E-state index contributed by atoms with van der Waals surface area (Å²) >= 11 is 0. The van der Waals surface area contributed by atoms with E-state index in [0.717, 1.165) is 6.42 Å². The van der Waals surface area contributed by atoms with E-state index in [2.05, 4.69) is 18.7 Å². The summed E-state index contributed by atoms with van der Waals surface area (Å²) in [6.07, 6.45) is 1.01. The van der Waals surface area contributed by atoms with Crippen LogP contribution in [-0.4, -0.2) is 54.8 Å². The number of nitrogens with zero attached hydrogens (tertiary/aromatic N) is 3. The van der Waals surface area contributed by atoms with Crippen LogP contribution >= 0.6 is 0 Å². The molecule has 1 atom stereocenters. The fourth-order valence-electron chi connectivity index (χ4n) is 2.61. The number of hydrogen-bond acceptors (Lipinski definition) is 5. The quantitative estimate of drug-likeness (QED) is 0.607. The maximum absolute atomic E-state index is 12.7. The van der Waals surface area contributed by atoms with Crippen LogP contribution in [0.2, 0.25) is 0 Å². The number of sulfonamides is 1. The Labute approximate surface area is 130 Å². The van der Waals surface area contributed by atoms with Gasteiger partial charge in [0, 0.05) is 38.3 Å². The highest BCUT2D eigenvalue weighted by molar-refractivity contribution is 7.89. The molecule has 122 valence electrons. The molecule has 1 aliphatic heterocycles. The molecule has 0 amide bonds. The first-order valence-electron chi connectivity index (χ1n) is 7.35. The van der Waals surface area contributed by atoms with Crippen molar-refractivity contribution in [1.29, 1.82) is 0 Å². The van der Waals surface area contributed by atoms with E-state index >= 15 is 0 Å². The molecule has 1 aromatic rings. The Balaban J connectivity index is 2.21. The first-order chi connectivity index (χ1) is 10.4. The lowest BCUT2D eigenvalue weighted by Crippen LogP contribution is -2.51. The lowest BCUT2D eigenvalue weighted by Gasteiger charge is -2.37. The predicted molar refractivity (Wildman–Crippen MR) is 83.2 cm³/mol. The summed E-state index contributed by atoms with van der Waals surface area (Å²) in [7, 11) is -3.83. The molecule has 8 heteroatoms. The number of nitro benzene ring substituents is 1. The van der Waals surface area contributed by atoms with E-state index in [1.165, 1.54) is 28.6 Å². The smallest absolute Gasteiger partial charge is 0.289 e. The molecule has 0 radical (unpaired) electrons. The molecule has 7 nitrogen and oxygen atoms in total. The second-order valence-corrected chi connectivity index (χ2v) is 7.33. The Morgan fingerprint density at radius 1 is 1.23 bits per heavy atom. The van der Waals surface area contributed by atoms with Crippen molar-refractivity contribution in [2.24, 2.45) is 0 Å². The molecule has 1 aliphatic rings. The minimum absolute atomic E-state index is 0.225. The second kappa shape index (κ2) is 6.72. The molecule has 1 heterocycles. The van der Waals surface area contributed by atoms with Gasteiger partial charge < -0.3 is 0 Å². The monoisotopic (exact) mass is 327 g/mol. The van der Waals surface area contributed by atoms with E-state index in [9.17, 15) is 18.5 Å². The third-order valence-corrected chi connectivity index (χ3v) is 6.11. The summed E-state index contributed by atoms with van der Waals surface area (Å²) in [6, 6.07) is 5.92. The van der Waals surface area contributed by atoms with Crippen LogP contribution in [0.5, 0.6) is 0 Å². The number of hydrogen-bond donors (Lipinski definition) is 0. The number of rotatable bonds is 5. The summed E-state index contributed by atoms with van der Waals surface area (Å²) in [5.74, 6) is 0. The van der Waals surface area contributed by atoms with Crippen molar-refractivity contribution in [2.75, 3.05) is 26.2 Å². The van der Waals surface area contributed by atoms with Crippen molar-refractivity contribution < 1.29 is 13.3 Å². The first kappa shape index (κ1) is 16.9. The van der Waals surface area contributed by atoms with Gasteiger partial charge in [-0.1, -0.05) is 19.1 Å². The summed E-state index contributed by atoms with van der Waals surface area (Å²) in [5, 5.41) is 11.0. The van der Waals surface area contributed by atoms with E-state index in [1.807, 2.05) is 0 Å². The molecule has 22 heavy (non-hydrogen) atoms.